The topological polar surface area (TPSA) is 68.3 Å². The Hall–Kier alpha value is -1.74. The first-order chi connectivity index (χ1) is 11.4. The molecule has 0 aliphatic rings. The van der Waals surface area contributed by atoms with Crippen LogP contribution < -0.4 is 0 Å². The molecule has 0 aromatic carbocycles. The minimum Gasteiger partial charge on any atom is -0.299 e. The highest BCUT2D eigenvalue weighted by Crippen LogP contribution is 2.28. The van der Waals surface area contributed by atoms with Crippen LogP contribution in [-0.2, 0) is 19.2 Å². The molecule has 10 heteroatoms. The molecule has 0 amide bonds. The van der Waals surface area contributed by atoms with E-state index in [1.807, 2.05) is 0 Å². The predicted molar refractivity (Wildman–Crippen MR) is 80.8 cm³/mol. The second kappa shape index (κ2) is 9.82. The lowest BCUT2D eigenvalue weighted by molar-refractivity contribution is -0.172. The smallest absolute Gasteiger partial charge is 0.299 e. The van der Waals surface area contributed by atoms with Crippen LogP contribution in [0, 0.1) is 10.8 Å². The number of alkyl halides is 6. The van der Waals surface area contributed by atoms with Gasteiger partial charge in [-0.05, 0) is 0 Å². The second-order valence-corrected chi connectivity index (χ2v) is 7.22. The lowest BCUT2D eigenvalue weighted by Crippen LogP contribution is -2.40. The molecule has 0 fully saturated rings. The van der Waals surface area contributed by atoms with Gasteiger partial charge in [0.1, 0.15) is 12.0 Å². The van der Waals surface area contributed by atoms with Gasteiger partial charge in [0.05, 0.1) is 13.1 Å². The number of aldehydes is 1. The van der Waals surface area contributed by atoms with Crippen LogP contribution in [0.1, 0.15) is 41.0 Å². The largest absolute Gasteiger partial charge is 0.450 e. The van der Waals surface area contributed by atoms with E-state index in [-0.39, 0.29) is 6.29 Å². The van der Waals surface area contributed by atoms with Crippen molar-refractivity contribution in [3.63, 3.8) is 0 Å². The van der Waals surface area contributed by atoms with Crippen LogP contribution in [0.5, 0.6) is 0 Å². The van der Waals surface area contributed by atoms with Crippen LogP contribution in [0.4, 0.5) is 26.3 Å². The van der Waals surface area contributed by atoms with Gasteiger partial charge in [0.25, 0.3) is 0 Å². The molecule has 0 bridgehead atoms. The Morgan fingerprint density at radius 2 is 1.35 bits per heavy atom. The summed E-state index contributed by atoms with van der Waals surface area (Å²) in [5.41, 5.74) is -2.49. The van der Waals surface area contributed by atoms with Crippen LogP contribution >= 0.6 is 0 Å². The molecule has 26 heavy (non-hydrogen) atoms. The van der Waals surface area contributed by atoms with Crippen molar-refractivity contribution in [1.82, 2.24) is 0 Å². The monoisotopic (exact) mass is 392 g/mol. The highest BCUT2D eigenvalue weighted by molar-refractivity contribution is 6.27. The summed E-state index contributed by atoms with van der Waals surface area (Å²) in [6.07, 6.45) is -11.1. The summed E-state index contributed by atoms with van der Waals surface area (Å²) in [7, 11) is 0. The molecule has 0 saturated carbocycles. The molecule has 0 aliphatic carbocycles. The lowest BCUT2D eigenvalue weighted by atomic mass is 9.85. The highest BCUT2D eigenvalue weighted by atomic mass is 19.4. The van der Waals surface area contributed by atoms with Crippen LogP contribution in [0.15, 0.2) is 0 Å². The summed E-state index contributed by atoms with van der Waals surface area (Å²) in [6, 6.07) is 0. The van der Waals surface area contributed by atoms with Gasteiger partial charge in [0.2, 0.25) is 11.6 Å². The van der Waals surface area contributed by atoms with Crippen molar-refractivity contribution in [2.75, 3.05) is 6.67 Å². The first kappa shape index (κ1) is 26.5. The lowest BCUT2D eigenvalue weighted by Gasteiger charge is -2.26. The van der Waals surface area contributed by atoms with Gasteiger partial charge in [0, 0.05) is 10.8 Å². The van der Waals surface area contributed by atoms with Crippen LogP contribution in [0.25, 0.3) is 0 Å². The molecule has 4 nitrogen and oxygen atoms in total. The average Bonchev–Trinajstić information content (AvgIpc) is 2.51. The molecule has 0 heterocycles. The number of hydrogen-bond acceptors (Lipinski definition) is 4. The standard InChI is InChI=1S/2C8H11F3O2/c1-7(2,3)5(12)4-6(13)8(9,10)11;1-8(2,4-9)7(11)6(10)5(13)3-12/h4H2,1-3H3;3,6-7H,4H2,1-2H3. The number of Topliss-reactive ketones (excluding diaryl/α,β-unsaturated/α-hetero) is 3. The Morgan fingerprint density at radius 1 is 0.923 bits per heavy atom. The molecule has 0 N–H and O–H groups in total. The first-order valence-corrected chi connectivity index (χ1v) is 7.38. The quantitative estimate of drug-likeness (QED) is 0.288. The van der Waals surface area contributed by atoms with E-state index in [1.165, 1.54) is 20.8 Å². The Labute approximate surface area is 147 Å². The van der Waals surface area contributed by atoms with Crippen molar-refractivity contribution < 1.29 is 45.5 Å². The maximum Gasteiger partial charge on any atom is 0.450 e. The molecule has 0 aliphatic heterocycles. The Kier molecular flexibility index (Phi) is 10.0. The number of rotatable bonds is 7. The summed E-state index contributed by atoms with van der Waals surface area (Å²) in [4.78, 5) is 41.6. The molecule has 0 spiro atoms. The third-order valence-corrected chi connectivity index (χ3v) is 3.21. The number of carbonyl (C=O) groups excluding carboxylic acids is 4. The van der Waals surface area contributed by atoms with Crippen molar-refractivity contribution >= 4 is 23.6 Å². The zero-order chi connectivity index (χ0) is 21.5. The zero-order valence-corrected chi connectivity index (χ0v) is 15.0. The maximum absolute atomic E-state index is 13.0. The van der Waals surface area contributed by atoms with Crippen LogP contribution in [0.2, 0.25) is 0 Å². The van der Waals surface area contributed by atoms with E-state index < -0.39 is 59.8 Å². The van der Waals surface area contributed by atoms with E-state index in [0.29, 0.717) is 0 Å². The molecule has 0 rings (SSSR count). The third-order valence-electron chi connectivity index (χ3n) is 3.21. The Morgan fingerprint density at radius 3 is 1.62 bits per heavy atom. The molecule has 0 radical (unpaired) electrons. The van der Waals surface area contributed by atoms with Gasteiger partial charge in [-0.25, -0.2) is 8.78 Å². The number of ketones is 3. The van der Waals surface area contributed by atoms with E-state index in [4.69, 9.17) is 0 Å². The fourth-order valence-electron chi connectivity index (χ4n) is 1.19. The van der Waals surface area contributed by atoms with Gasteiger partial charge in [-0.1, -0.05) is 34.6 Å². The summed E-state index contributed by atoms with van der Waals surface area (Å²) in [5, 5.41) is 0. The number of carbonyl (C=O) groups is 4. The fraction of sp³-hybridized carbons (Fsp3) is 0.750. The molecular formula is C16H22F6O4. The van der Waals surface area contributed by atoms with Gasteiger partial charge < -0.3 is 0 Å². The molecule has 2 atom stereocenters. The maximum atomic E-state index is 13.0. The minimum absolute atomic E-state index is 0.300. The number of halogens is 6. The first-order valence-electron chi connectivity index (χ1n) is 7.38. The van der Waals surface area contributed by atoms with Gasteiger partial charge in [-0.3, -0.25) is 23.6 Å². The molecule has 2 unspecified atom stereocenters. The summed E-state index contributed by atoms with van der Waals surface area (Å²) in [6.45, 7) is 5.60. The highest BCUT2D eigenvalue weighted by Gasteiger charge is 2.41. The van der Waals surface area contributed by atoms with Crippen molar-refractivity contribution in [2.24, 2.45) is 10.8 Å². The van der Waals surface area contributed by atoms with Gasteiger partial charge >= 0.3 is 6.18 Å². The van der Waals surface area contributed by atoms with Gasteiger partial charge in [0.15, 0.2) is 12.5 Å². The summed E-state index contributed by atoms with van der Waals surface area (Å²) in [5.74, 6) is -4.17. The van der Waals surface area contributed by atoms with Gasteiger partial charge in [-0.2, -0.15) is 13.2 Å². The van der Waals surface area contributed by atoms with Gasteiger partial charge in [-0.15, -0.1) is 0 Å². The van der Waals surface area contributed by atoms with Crippen LogP contribution in [0.3, 0.4) is 0 Å². The van der Waals surface area contributed by atoms with E-state index >= 15 is 0 Å². The van der Waals surface area contributed by atoms with E-state index in [1.54, 1.807) is 0 Å². The van der Waals surface area contributed by atoms with Crippen molar-refractivity contribution in [2.45, 2.75) is 59.6 Å². The average molecular weight is 392 g/mol. The van der Waals surface area contributed by atoms with E-state index in [9.17, 15) is 45.5 Å². The Bertz CT molecular complexity index is 496. The Balaban J connectivity index is 0. The normalized spacial score (nSPS) is 14.6. The SMILES string of the molecule is CC(C)(C)C(=O)CC(=O)C(F)(F)F.CC(C)(CF)C(F)C(F)C(=O)C=O. The molecule has 0 aromatic heterocycles. The molecule has 0 saturated heterocycles. The number of hydrogen-bond donors (Lipinski definition) is 0. The minimum atomic E-state index is -4.90. The fourth-order valence-corrected chi connectivity index (χ4v) is 1.19. The van der Waals surface area contributed by atoms with Crippen molar-refractivity contribution in [1.29, 1.82) is 0 Å². The third kappa shape index (κ3) is 9.10. The van der Waals surface area contributed by atoms with Crippen molar-refractivity contribution in [3.8, 4) is 0 Å². The zero-order valence-electron chi connectivity index (χ0n) is 15.0. The summed E-state index contributed by atoms with van der Waals surface area (Å²) >= 11 is 0. The summed E-state index contributed by atoms with van der Waals surface area (Å²) < 4.78 is 73.0. The van der Waals surface area contributed by atoms with E-state index in [0.717, 1.165) is 13.8 Å². The van der Waals surface area contributed by atoms with Crippen LogP contribution in [-0.4, -0.2) is 48.8 Å². The molecular weight excluding hydrogens is 370 g/mol. The molecule has 152 valence electrons. The van der Waals surface area contributed by atoms with E-state index in [2.05, 4.69) is 0 Å². The molecule has 0 aromatic rings. The van der Waals surface area contributed by atoms with Crippen molar-refractivity contribution in [3.05, 3.63) is 0 Å². The predicted octanol–water partition coefficient (Wildman–Crippen LogP) is 3.55. The second-order valence-electron chi connectivity index (χ2n) is 7.22.